The maximum Gasteiger partial charge on any atom is 0.573 e. The summed E-state index contributed by atoms with van der Waals surface area (Å²) in [5.41, 5.74) is 0. The van der Waals surface area contributed by atoms with Gasteiger partial charge in [0, 0.05) is 0 Å². The summed E-state index contributed by atoms with van der Waals surface area (Å²) < 4.78 is 80.1. The second kappa shape index (κ2) is 7.34. The molecule has 1 aromatic carbocycles. The predicted molar refractivity (Wildman–Crippen MR) is 74.3 cm³/mol. The third kappa shape index (κ3) is 5.06. The zero-order chi connectivity index (χ0) is 18.7. The van der Waals surface area contributed by atoms with Crippen molar-refractivity contribution in [2.24, 2.45) is 5.92 Å². The lowest BCUT2D eigenvalue weighted by molar-refractivity contribution is -0.275. The Morgan fingerprint density at radius 2 is 1.96 bits per heavy atom. The Balaban J connectivity index is 3.24. The van der Waals surface area contributed by atoms with Crippen LogP contribution in [0.25, 0.3) is 0 Å². The van der Waals surface area contributed by atoms with E-state index in [0.29, 0.717) is 18.6 Å². The van der Waals surface area contributed by atoms with Crippen molar-refractivity contribution in [2.75, 3.05) is 0 Å². The van der Waals surface area contributed by atoms with Gasteiger partial charge in [0.05, 0.1) is 0 Å². The van der Waals surface area contributed by atoms with Crippen molar-refractivity contribution < 1.29 is 40.6 Å². The topological polar surface area (TPSA) is 92.7 Å². The van der Waals surface area contributed by atoms with Crippen LogP contribution >= 0.6 is 0 Å². The van der Waals surface area contributed by atoms with Gasteiger partial charge >= 0.3 is 12.3 Å². The van der Waals surface area contributed by atoms with Crippen LogP contribution in [0.5, 0.6) is 5.75 Å². The van der Waals surface area contributed by atoms with Gasteiger partial charge in [0.25, 0.3) is 0 Å². The van der Waals surface area contributed by atoms with Crippen molar-refractivity contribution in [3.63, 3.8) is 0 Å². The van der Waals surface area contributed by atoms with E-state index < -0.39 is 50.8 Å². The molecular formula is C13H15F4NO5S. The highest BCUT2D eigenvalue weighted by Crippen LogP contribution is 2.29. The fourth-order valence-electron chi connectivity index (χ4n) is 1.78. The number of benzene rings is 1. The van der Waals surface area contributed by atoms with Crippen LogP contribution in [0.15, 0.2) is 23.1 Å². The number of aliphatic carboxylic acids is 1. The van der Waals surface area contributed by atoms with Gasteiger partial charge in [0.2, 0.25) is 10.0 Å². The summed E-state index contributed by atoms with van der Waals surface area (Å²) in [7, 11) is -4.72. The molecule has 0 aliphatic carbocycles. The quantitative estimate of drug-likeness (QED) is 0.717. The summed E-state index contributed by atoms with van der Waals surface area (Å²) in [4.78, 5) is 10.0. The number of halogens is 4. The number of rotatable bonds is 7. The molecule has 6 nitrogen and oxygen atoms in total. The summed E-state index contributed by atoms with van der Waals surface area (Å²) in [5.74, 6) is -5.22. The molecule has 0 saturated carbocycles. The van der Waals surface area contributed by atoms with Crippen LogP contribution in [-0.2, 0) is 14.8 Å². The Morgan fingerprint density at radius 1 is 1.38 bits per heavy atom. The normalized spacial score (nSPS) is 14.9. The van der Waals surface area contributed by atoms with Crippen LogP contribution in [0, 0.1) is 11.7 Å². The van der Waals surface area contributed by atoms with E-state index in [1.54, 1.807) is 11.6 Å². The summed E-state index contributed by atoms with van der Waals surface area (Å²) in [5, 5.41) is 9.07. The van der Waals surface area contributed by atoms with E-state index in [-0.39, 0.29) is 0 Å². The average Bonchev–Trinajstić information content (AvgIpc) is 2.44. The zero-order valence-corrected chi connectivity index (χ0v) is 13.4. The molecule has 1 aromatic rings. The van der Waals surface area contributed by atoms with Crippen LogP contribution in [-0.4, -0.2) is 31.9 Å². The van der Waals surface area contributed by atoms with Crippen molar-refractivity contribution in [1.29, 1.82) is 0 Å². The number of sulfonamides is 1. The second-order valence-corrected chi connectivity index (χ2v) is 6.62. The summed E-state index contributed by atoms with van der Waals surface area (Å²) in [6, 6.07) is 0.589. The van der Waals surface area contributed by atoms with Crippen LogP contribution in [0.3, 0.4) is 0 Å². The van der Waals surface area contributed by atoms with Gasteiger partial charge in [-0.25, -0.2) is 12.8 Å². The molecule has 0 unspecified atom stereocenters. The van der Waals surface area contributed by atoms with Gasteiger partial charge in [-0.05, 0) is 18.1 Å². The fourth-order valence-corrected chi connectivity index (χ4v) is 3.17. The predicted octanol–water partition coefficient (Wildman–Crippen LogP) is 2.50. The molecule has 2 atom stereocenters. The van der Waals surface area contributed by atoms with Gasteiger partial charge in [-0.2, -0.15) is 4.72 Å². The first-order valence-corrected chi connectivity index (χ1v) is 8.16. The number of hydrogen-bond donors (Lipinski definition) is 2. The lowest BCUT2D eigenvalue weighted by Crippen LogP contribution is -2.45. The Kier molecular flexibility index (Phi) is 6.17. The molecule has 0 saturated heterocycles. The Labute approximate surface area is 135 Å². The molecule has 0 radical (unpaired) electrons. The van der Waals surface area contributed by atoms with Crippen molar-refractivity contribution >= 4 is 16.0 Å². The van der Waals surface area contributed by atoms with Crippen LogP contribution in [0.4, 0.5) is 17.6 Å². The SMILES string of the molecule is CC[C@H](C)[C@H](NS(=O)(=O)c1cccc(OC(F)(F)F)c1F)C(=O)O. The molecule has 2 N–H and O–H groups in total. The minimum atomic E-state index is -5.21. The molecular weight excluding hydrogens is 358 g/mol. The number of ether oxygens (including phenoxy) is 1. The number of carbonyl (C=O) groups is 1. The van der Waals surface area contributed by atoms with Gasteiger partial charge in [0.1, 0.15) is 10.9 Å². The number of carboxylic acid groups (broad SMARTS) is 1. The second-order valence-electron chi connectivity index (χ2n) is 4.94. The van der Waals surface area contributed by atoms with Crippen LogP contribution < -0.4 is 9.46 Å². The van der Waals surface area contributed by atoms with Gasteiger partial charge < -0.3 is 9.84 Å². The molecule has 0 fully saturated rings. The third-order valence-corrected chi connectivity index (χ3v) is 4.66. The average molecular weight is 373 g/mol. The van der Waals surface area contributed by atoms with Gasteiger partial charge in [0.15, 0.2) is 11.6 Å². The number of alkyl halides is 3. The standard InChI is InChI=1S/C13H15F4NO5S/c1-3-7(2)11(12(19)20)18-24(21,22)9-6-4-5-8(10(9)14)23-13(15,16)17/h4-7,11,18H,3H2,1-2H3,(H,19,20)/t7-,11-/m0/s1. The van der Waals surface area contributed by atoms with Crippen molar-refractivity contribution in [1.82, 2.24) is 4.72 Å². The first-order valence-electron chi connectivity index (χ1n) is 6.68. The van der Waals surface area contributed by atoms with E-state index in [0.717, 1.165) is 6.07 Å². The largest absolute Gasteiger partial charge is 0.573 e. The molecule has 0 heterocycles. The zero-order valence-electron chi connectivity index (χ0n) is 12.6. The van der Waals surface area contributed by atoms with Gasteiger partial charge in [-0.1, -0.05) is 26.3 Å². The number of nitrogens with one attached hydrogen (secondary N) is 1. The first kappa shape index (κ1) is 20.2. The van der Waals surface area contributed by atoms with Crippen molar-refractivity contribution in [2.45, 2.75) is 37.6 Å². The maximum absolute atomic E-state index is 14.0. The monoisotopic (exact) mass is 373 g/mol. The summed E-state index contributed by atoms with van der Waals surface area (Å²) in [6.07, 6.45) is -4.91. The fraction of sp³-hybridized carbons (Fsp3) is 0.462. The molecule has 0 aliphatic heterocycles. The highest BCUT2D eigenvalue weighted by atomic mass is 32.2. The molecule has 0 aliphatic rings. The minimum Gasteiger partial charge on any atom is -0.480 e. The van der Waals surface area contributed by atoms with E-state index >= 15 is 0 Å². The Morgan fingerprint density at radius 3 is 2.42 bits per heavy atom. The molecule has 0 aromatic heterocycles. The maximum atomic E-state index is 14.0. The molecule has 11 heteroatoms. The highest BCUT2D eigenvalue weighted by Gasteiger charge is 2.35. The Bertz CT molecular complexity index is 705. The molecule has 0 bridgehead atoms. The van der Waals surface area contributed by atoms with Gasteiger partial charge in [-0.3, -0.25) is 4.79 Å². The van der Waals surface area contributed by atoms with E-state index in [1.807, 2.05) is 0 Å². The van der Waals surface area contributed by atoms with E-state index in [1.165, 1.54) is 6.92 Å². The van der Waals surface area contributed by atoms with Crippen molar-refractivity contribution in [3.05, 3.63) is 24.0 Å². The highest BCUT2D eigenvalue weighted by molar-refractivity contribution is 7.89. The van der Waals surface area contributed by atoms with Crippen LogP contribution in [0.1, 0.15) is 20.3 Å². The smallest absolute Gasteiger partial charge is 0.480 e. The third-order valence-electron chi connectivity index (χ3n) is 3.20. The van der Waals surface area contributed by atoms with Crippen molar-refractivity contribution in [3.8, 4) is 5.75 Å². The lowest BCUT2D eigenvalue weighted by Gasteiger charge is -2.20. The van der Waals surface area contributed by atoms with Gasteiger partial charge in [-0.15, -0.1) is 13.2 Å². The number of carboxylic acids is 1. The molecule has 24 heavy (non-hydrogen) atoms. The molecule has 1 rings (SSSR count). The molecule has 0 spiro atoms. The number of hydrogen-bond acceptors (Lipinski definition) is 4. The van der Waals surface area contributed by atoms with E-state index in [4.69, 9.17) is 5.11 Å². The Hall–Kier alpha value is -1.88. The lowest BCUT2D eigenvalue weighted by atomic mass is 10.0. The molecule has 0 amide bonds. The molecule has 136 valence electrons. The summed E-state index contributed by atoms with van der Waals surface area (Å²) >= 11 is 0. The first-order chi connectivity index (χ1) is 10.9. The summed E-state index contributed by atoms with van der Waals surface area (Å²) in [6.45, 7) is 3.08. The van der Waals surface area contributed by atoms with E-state index in [9.17, 15) is 30.8 Å². The minimum absolute atomic E-state index is 0.305. The van der Waals surface area contributed by atoms with E-state index in [2.05, 4.69) is 4.74 Å². The van der Waals surface area contributed by atoms with Crippen LogP contribution in [0.2, 0.25) is 0 Å².